The van der Waals surface area contributed by atoms with E-state index in [0.29, 0.717) is 17.2 Å². The molecule has 1 N–H and O–H groups in total. The first-order valence-electron chi connectivity index (χ1n) is 8.11. The van der Waals surface area contributed by atoms with Crippen LogP contribution in [-0.2, 0) is 14.8 Å². The molecule has 144 valence electrons. The quantitative estimate of drug-likeness (QED) is 0.843. The molecule has 3 rings (SSSR count). The summed E-state index contributed by atoms with van der Waals surface area (Å²) in [5.41, 5.74) is 0.452. The molecule has 0 bridgehead atoms. The van der Waals surface area contributed by atoms with Crippen molar-refractivity contribution in [1.82, 2.24) is 4.31 Å². The summed E-state index contributed by atoms with van der Waals surface area (Å²) in [6.07, 6.45) is 0. The van der Waals surface area contributed by atoms with E-state index < -0.39 is 34.1 Å². The Morgan fingerprint density at radius 1 is 1.11 bits per heavy atom. The molecule has 0 atom stereocenters. The van der Waals surface area contributed by atoms with E-state index in [0.717, 1.165) is 28.6 Å². The molecule has 2 aromatic rings. The Bertz CT molecular complexity index is 974. The molecule has 2 aromatic carbocycles. The Balaban J connectivity index is 1.67. The number of likely N-dealkylation sites (N-methyl/N-ethyl adjacent to an activating group) is 1. The lowest BCUT2D eigenvalue weighted by Crippen LogP contribution is -2.34. The van der Waals surface area contributed by atoms with Crippen LogP contribution in [0.25, 0.3) is 0 Å². The lowest BCUT2D eigenvalue weighted by atomic mass is 10.3. The average Bonchev–Trinajstić information content (AvgIpc) is 2.88. The van der Waals surface area contributed by atoms with Gasteiger partial charge in [0.05, 0.1) is 11.4 Å². The Morgan fingerprint density at radius 3 is 2.41 bits per heavy atom. The second-order valence-corrected chi connectivity index (χ2v) is 8.57. The van der Waals surface area contributed by atoms with Crippen molar-refractivity contribution >= 4 is 21.6 Å². The first kappa shape index (κ1) is 19.1. The molecule has 0 fully saturated rings. The third kappa shape index (κ3) is 4.20. The molecule has 0 aromatic heterocycles. The number of hydrogen-bond acceptors (Lipinski definition) is 5. The summed E-state index contributed by atoms with van der Waals surface area (Å²) < 4.78 is 49.9. The maximum absolute atomic E-state index is 13.0. The molecule has 1 heterocycles. The van der Waals surface area contributed by atoms with Crippen LogP contribution in [0.3, 0.4) is 0 Å². The fourth-order valence-corrected chi connectivity index (χ4v) is 3.70. The number of halogens is 1. The molecule has 0 unspecified atom stereocenters. The van der Waals surface area contributed by atoms with E-state index in [-0.39, 0.29) is 4.90 Å². The van der Waals surface area contributed by atoms with Crippen molar-refractivity contribution in [2.75, 3.05) is 18.9 Å². The van der Waals surface area contributed by atoms with Crippen molar-refractivity contribution < 1.29 is 27.1 Å². The van der Waals surface area contributed by atoms with Crippen LogP contribution in [0.15, 0.2) is 47.4 Å². The third-order valence-corrected chi connectivity index (χ3v) is 5.64. The van der Waals surface area contributed by atoms with Gasteiger partial charge in [0.2, 0.25) is 21.7 Å². The molecule has 9 heteroatoms. The van der Waals surface area contributed by atoms with Gasteiger partial charge in [0.1, 0.15) is 5.82 Å². The van der Waals surface area contributed by atoms with Crippen molar-refractivity contribution in [2.24, 2.45) is 0 Å². The van der Waals surface area contributed by atoms with Crippen molar-refractivity contribution in [3.63, 3.8) is 0 Å². The number of nitrogens with zero attached hydrogens (tertiary/aromatic N) is 1. The number of carbonyl (C=O) groups is 1. The molecule has 1 aliphatic heterocycles. The zero-order valence-electron chi connectivity index (χ0n) is 15.0. The summed E-state index contributed by atoms with van der Waals surface area (Å²) in [7, 11) is -2.63. The van der Waals surface area contributed by atoms with E-state index in [1.165, 1.54) is 7.05 Å². The lowest BCUT2D eigenvalue weighted by molar-refractivity contribution is -0.116. The van der Waals surface area contributed by atoms with Crippen LogP contribution in [0.4, 0.5) is 10.1 Å². The van der Waals surface area contributed by atoms with Crippen LogP contribution in [0.1, 0.15) is 13.8 Å². The van der Waals surface area contributed by atoms with Crippen molar-refractivity contribution in [3.05, 3.63) is 48.3 Å². The topological polar surface area (TPSA) is 84.9 Å². The van der Waals surface area contributed by atoms with Gasteiger partial charge in [-0.1, -0.05) is 0 Å². The Labute approximate surface area is 156 Å². The van der Waals surface area contributed by atoms with E-state index in [1.54, 1.807) is 32.0 Å². The Morgan fingerprint density at radius 2 is 1.74 bits per heavy atom. The highest BCUT2D eigenvalue weighted by Crippen LogP contribution is 2.40. The Hall–Kier alpha value is -2.65. The van der Waals surface area contributed by atoms with Crippen LogP contribution in [-0.4, -0.2) is 38.0 Å². The van der Waals surface area contributed by atoms with Gasteiger partial charge in [0, 0.05) is 32.6 Å². The van der Waals surface area contributed by atoms with E-state index >= 15 is 0 Å². The highest BCUT2D eigenvalue weighted by atomic mass is 32.2. The predicted molar refractivity (Wildman–Crippen MR) is 96.6 cm³/mol. The first-order valence-corrected chi connectivity index (χ1v) is 9.55. The van der Waals surface area contributed by atoms with Gasteiger partial charge in [0.25, 0.3) is 0 Å². The average molecular weight is 394 g/mol. The molecule has 0 aliphatic carbocycles. The number of fused-ring (bicyclic) bond motifs is 1. The van der Waals surface area contributed by atoms with Gasteiger partial charge in [-0.15, -0.1) is 0 Å². The van der Waals surface area contributed by atoms with Crippen LogP contribution < -0.4 is 14.8 Å². The van der Waals surface area contributed by atoms with Gasteiger partial charge in [-0.3, -0.25) is 4.79 Å². The summed E-state index contributed by atoms with van der Waals surface area (Å²) >= 11 is 0. The van der Waals surface area contributed by atoms with Crippen molar-refractivity contribution in [3.8, 4) is 11.5 Å². The van der Waals surface area contributed by atoms with E-state index in [2.05, 4.69) is 5.32 Å². The zero-order valence-corrected chi connectivity index (χ0v) is 15.8. The molecule has 0 radical (unpaired) electrons. The Kier molecular flexibility index (Phi) is 4.83. The summed E-state index contributed by atoms with van der Waals surface area (Å²) in [5, 5.41) is 2.62. The molecule has 1 aliphatic rings. The lowest BCUT2D eigenvalue weighted by Gasteiger charge is -2.17. The number of carbonyl (C=O) groups excluding carboxylic acids is 1. The van der Waals surface area contributed by atoms with E-state index in [1.807, 2.05) is 0 Å². The van der Waals surface area contributed by atoms with Crippen LogP contribution in [0.2, 0.25) is 0 Å². The van der Waals surface area contributed by atoms with Crippen molar-refractivity contribution in [2.45, 2.75) is 24.5 Å². The molecule has 27 heavy (non-hydrogen) atoms. The normalized spacial score (nSPS) is 15.0. The fraction of sp³-hybridized carbons (Fsp3) is 0.278. The van der Waals surface area contributed by atoms with Crippen LogP contribution in [0.5, 0.6) is 11.5 Å². The SMILES string of the molecule is CN(CC(=O)Nc1ccc2c(c1)OC(C)(C)O2)S(=O)(=O)c1ccc(F)cc1. The van der Waals surface area contributed by atoms with E-state index in [9.17, 15) is 17.6 Å². The fourth-order valence-electron chi connectivity index (χ4n) is 2.57. The molecule has 7 nitrogen and oxygen atoms in total. The molecule has 1 amide bonds. The predicted octanol–water partition coefficient (Wildman–Crippen LogP) is 2.59. The highest BCUT2D eigenvalue weighted by Gasteiger charge is 2.31. The number of amides is 1. The number of anilines is 1. The van der Waals surface area contributed by atoms with Gasteiger partial charge < -0.3 is 14.8 Å². The summed E-state index contributed by atoms with van der Waals surface area (Å²) in [4.78, 5) is 12.1. The van der Waals surface area contributed by atoms with Gasteiger partial charge >= 0.3 is 0 Å². The minimum Gasteiger partial charge on any atom is -0.449 e. The molecule has 0 saturated heterocycles. The number of sulfonamides is 1. The molecular weight excluding hydrogens is 375 g/mol. The molecule has 0 saturated carbocycles. The van der Waals surface area contributed by atoms with Gasteiger partial charge in [0.15, 0.2) is 11.5 Å². The summed E-state index contributed by atoms with van der Waals surface area (Å²) in [6.45, 7) is 3.13. The number of ether oxygens (including phenoxy) is 2. The number of rotatable bonds is 5. The number of hydrogen-bond donors (Lipinski definition) is 1. The minimum atomic E-state index is -3.91. The van der Waals surface area contributed by atoms with E-state index in [4.69, 9.17) is 9.47 Å². The van der Waals surface area contributed by atoms with Crippen LogP contribution >= 0.6 is 0 Å². The second-order valence-electron chi connectivity index (χ2n) is 6.53. The summed E-state index contributed by atoms with van der Waals surface area (Å²) in [5.74, 6) is -0.797. The number of nitrogens with one attached hydrogen (secondary N) is 1. The maximum atomic E-state index is 13.0. The molecular formula is C18H19FN2O5S. The summed E-state index contributed by atoms with van der Waals surface area (Å²) in [6, 6.07) is 9.31. The van der Waals surface area contributed by atoms with Crippen LogP contribution in [0, 0.1) is 5.82 Å². The van der Waals surface area contributed by atoms with Gasteiger partial charge in [-0.25, -0.2) is 12.8 Å². The van der Waals surface area contributed by atoms with Gasteiger partial charge in [-0.05, 0) is 36.4 Å². The standard InChI is InChI=1S/C18H19FN2O5S/c1-18(2)25-15-9-6-13(10-16(15)26-18)20-17(22)11-21(3)27(23,24)14-7-4-12(19)5-8-14/h4-10H,11H2,1-3H3,(H,20,22). The number of benzene rings is 2. The monoisotopic (exact) mass is 394 g/mol. The zero-order chi connectivity index (χ0) is 19.8. The third-order valence-electron chi connectivity index (χ3n) is 3.83. The second kappa shape index (κ2) is 6.82. The molecule has 0 spiro atoms. The highest BCUT2D eigenvalue weighted by molar-refractivity contribution is 7.89. The minimum absolute atomic E-state index is 0.0930. The largest absolute Gasteiger partial charge is 0.449 e. The van der Waals surface area contributed by atoms with Crippen molar-refractivity contribution in [1.29, 1.82) is 0 Å². The van der Waals surface area contributed by atoms with Gasteiger partial charge in [-0.2, -0.15) is 4.31 Å². The maximum Gasteiger partial charge on any atom is 0.246 e. The smallest absolute Gasteiger partial charge is 0.246 e. The first-order chi connectivity index (χ1) is 12.6.